The van der Waals surface area contributed by atoms with Crippen molar-refractivity contribution in [1.29, 1.82) is 0 Å². The normalized spacial score (nSPS) is 10.9. The highest BCUT2D eigenvalue weighted by molar-refractivity contribution is 9.10. The summed E-state index contributed by atoms with van der Waals surface area (Å²) in [6, 6.07) is 18.7. The van der Waals surface area contributed by atoms with E-state index in [9.17, 15) is 4.39 Å². The largest absolute Gasteiger partial charge is 0.487 e. The summed E-state index contributed by atoms with van der Waals surface area (Å²) in [6.45, 7) is 1.72. The zero-order valence-corrected chi connectivity index (χ0v) is 16.1. The first-order valence-electron chi connectivity index (χ1n) is 8.34. The van der Waals surface area contributed by atoms with Gasteiger partial charge in [0.1, 0.15) is 18.2 Å². The summed E-state index contributed by atoms with van der Waals surface area (Å²) in [6.07, 6.45) is 1.76. The Hall–Kier alpha value is -2.24. The fraction of sp³-hybridized carbons (Fsp3) is 0.190. The van der Waals surface area contributed by atoms with Gasteiger partial charge in [0.25, 0.3) is 0 Å². The second-order valence-electron chi connectivity index (χ2n) is 6.16. The van der Waals surface area contributed by atoms with Gasteiger partial charge in [0.05, 0.1) is 5.69 Å². The first kappa shape index (κ1) is 18.5. The molecule has 0 aliphatic carbocycles. The van der Waals surface area contributed by atoms with Crippen LogP contribution in [0.15, 0.2) is 71.3 Å². The quantitative estimate of drug-likeness (QED) is 0.531. The molecule has 0 spiro atoms. The Labute approximate surface area is 161 Å². The molecule has 0 unspecified atom stereocenters. The van der Waals surface area contributed by atoms with Crippen molar-refractivity contribution in [2.45, 2.75) is 19.7 Å². The third-order valence-corrected chi connectivity index (χ3v) is 4.43. The van der Waals surface area contributed by atoms with Gasteiger partial charge in [0.2, 0.25) is 0 Å². The van der Waals surface area contributed by atoms with E-state index in [0.717, 1.165) is 28.0 Å². The van der Waals surface area contributed by atoms with Gasteiger partial charge in [-0.2, -0.15) is 0 Å². The Morgan fingerprint density at radius 1 is 1.04 bits per heavy atom. The fourth-order valence-corrected chi connectivity index (χ4v) is 3.06. The van der Waals surface area contributed by atoms with E-state index in [0.29, 0.717) is 18.7 Å². The zero-order valence-electron chi connectivity index (χ0n) is 14.5. The fourth-order valence-electron chi connectivity index (χ4n) is 2.65. The van der Waals surface area contributed by atoms with Crippen LogP contribution in [0.5, 0.6) is 5.75 Å². The average molecular weight is 415 g/mol. The molecule has 3 nitrogen and oxygen atoms in total. The van der Waals surface area contributed by atoms with Crippen LogP contribution >= 0.6 is 15.9 Å². The van der Waals surface area contributed by atoms with Crippen LogP contribution < -0.4 is 4.74 Å². The van der Waals surface area contributed by atoms with Crippen LogP contribution in [0.1, 0.15) is 16.8 Å². The molecule has 0 radical (unpaired) electrons. The summed E-state index contributed by atoms with van der Waals surface area (Å²) in [5, 5.41) is 0. The summed E-state index contributed by atoms with van der Waals surface area (Å²) < 4.78 is 20.5. The van der Waals surface area contributed by atoms with Gasteiger partial charge in [-0.15, -0.1) is 0 Å². The van der Waals surface area contributed by atoms with Gasteiger partial charge in [-0.05, 0) is 55.1 Å². The molecule has 0 saturated carbocycles. The minimum absolute atomic E-state index is 0.182. The summed E-state index contributed by atoms with van der Waals surface area (Å²) >= 11 is 3.39. The molecule has 1 aromatic heterocycles. The van der Waals surface area contributed by atoms with Crippen molar-refractivity contribution in [1.82, 2.24) is 9.88 Å². The third kappa shape index (κ3) is 5.38. The van der Waals surface area contributed by atoms with E-state index in [-0.39, 0.29) is 5.82 Å². The molecule has 26 heavy (non-hydrogen) atoms. The lowest BCUT2D eigenvalue weighted by Gasteiger charge is -2.17. The highest BCUT2D eigenvalue weighted by Crippen LogP contribution is 2.19. The minimum atomic E-state index is -0.182. The van der Waals surface area contributed by atoms with Gasteiger partial charge >= 0.3 is 0 Å². The molecular weight excluding hydrogens is 395 g/mol. The molecule has 0 fully saturated rings. The number of benzene rings is 2. The maximum absolute atomic E-state index is 13.9. The number of aromatic nitrogens is 1. The Morgan fingerprint density at radius 2 is 1.85 bits per heavy atom. The Morgan fingerprint density at radius 3 is 2.58 bits per heavy atom. The maximum Gasteiger partial charge on any atom is 0.130 e. The number of pyridine rings is 1. The van der Waals surface area contributed by atoms with Crippen molar-refractivity contribution >= 4 is 15.9 Å². The molecule has 0 atom stereocenters. The number of halogens is 2. The Bertz CT molecular complexity index is 840. The number of hydrogen-bond acceptors (Lipinski definition) is 3. The van der Waals surface area contributed by atoms with Crippen LogP contribution in [-0.2, 0) is 19.7 Å². The molecule has 5 heteroatoms. The molecule has 3 aromatic rings. The second-order valence-corrected chi connectivity index (χ2v) is 7.08. The first-order chi connectivity index (χ1) is 12.6. The number of hydrogen-bond donors (Lipinski definition) is 0. The van der Waals surface area contributed by atoms with Gasteiger partial charge in [0, 0.05) is 29.3 Å². The molecule has 0 bridgehead atoms. The van der Waals surface area contributed by atoms with Crippen LogP contribution in [0, 0.1) is 5.82 Å². The first-order valence-corrected chi connectivity index (χ1v) is 9.13. The van der Waals surface area contributed by atoms with Crippen LogP contribution in [-0.4, -0.2) is 16.9 Å². The van der Waals surface area contributed by atoms with E-state index in [2.05, 4.69) is 25.8 Å². The van der Waals surface area contributed by atoms with Crippen molar-refractivity contribution in [2.75, 3.05) is 7.05 Å². The monoisotopic (exact) mass is 414 g/mol. The van der Waals surface area contributed by atoms with E-state index in [4.69, 9.17) is 4.74 Å². The molecule has 1 heterocycles. The lowest BCUT2D eigenvalue weighted by Crippen LogP contribution is -2.18. The van der Waals surface area contributed by atoms with Gasteiger partial charge in [-0.3, -0.25) is 9.88 Å². The van der Waals surface area contributed by atoms with E-state index in [1.807, 2.05) is 55.6 Å². The minimum Gasteiger partial charge on any atom is -0.487 e. The summed E-state index contributed by atoms with van der Waals surface area (Å²) in [5.74, 6) is 0.624. The highest BCUT2D eigenvalue weighted by Gasteiger charge is 2.07. The molecular formula is C21H20BrFN2O. The van der Waals surface area contributed by atoms with Crippen LogP contribution in [0.4, 0.5) is 4.39 Å². The van der Waals surface area contributed by atoms with Crippen LogP contribution in [0.3, 0.4) is 0 Å². The third-order valence-electron chi connectivity index (χ3n) is 3.94. The maximum atomic E-state index is 13.9. The Kier molecular flexibility index (Phi) is 6.36. The van der Waals surface area contributed by atoms with Crippen molar-refractivity contribution < 1.29 is 9.13 Å². The smallest absolute Gasteiger partial charge is 0.130 e. The number of ether oxygens (including phenoxy) is 1. The summed E-state index contributed by atoms with van der Waals surface area (Å²) in [5.41, 5.74) is 2.72. The van der Waals surface area contributed by atoms with Crippen molar-refractivity contribution in [3.8, 4) is 5.75 Å². The van der Waals surface area contributed by atoms with Gasteiger partial charge in [-0.1, -0.05) is 34.1 Å². The highest BCUT2D eigenvalue weighted by atomic mass is 79.9. The molecule has 0 aliphatic heterocycles. The molecule has 0 aliphatic rings. The summed E-state index contributed by atoms with van der Waals surface area (Å²) in [7, 11) is 1.98. The van der Waals surface area contributed by atoms with Gasteiger partial charge in [-0.25, -0.2) is 4.39 Å². The second kappa shape index (κ2) is 8.92. The van der Waals surface area contributed by atoms with E-state index < -0.39 is 0 Å². The predicted molar refractivity (Wildman–Crippen MR) is 104 cm³/mol. The standard InChI is InChI=1S/C21H20BrFN2O/c1-25(14-17-12-18(22)7-10-21(17)23)13-16-5-8-20(9-6-16)26-15-19-4-2-3-11-24-19/h2-12H,13-15H2,1H3. The zero-order chi connectivity index (χ0) is 18.4. The molecule has 0 saturated heterocycles. The van der Waals surface area contributed by atoms with Gasteiger partial charge < -0.3 is 4.74 Å². The molecule has 2 aromatic carbocycles. The molecule has 3 rings (SSSR count). The van der Waals surface area contributed by atoms with Crippen molar-refractivity contribution in [3.05, 3.63) is 94.0 Å². The lowest BCUT2D eigenvalue weighted by molar-refractivity contribution is 0.299. The molecule has 134 valence electrons. The average Bonchev–Trinajstić information content (AvgIpc) is 2.65. The Balaban J connectivity index is 1.54. The van der Waals surface area contributed by atoms with Crippen LogP contribution in [0.2, 0.25) is 0 Å². The molecule has 0 N–H and O–H groups in total. The number of nitrogens with zero attached hydrogens (tertiary/aromatic N) is 2. The van der Waals surface area contributed by atoms with Crippen molar-refractivity contribution in [3.63, 3.8) is 0 Å². The summed E-state index contributed by atoms with van der Waals surface area (Å²) in [4.78, 5) is 6.32. The van der Waals surface area contributed by atoms with E-state index in [1.165, 1.54) is 6.07 Å². The van der Waals surface area contributed by atoms with Gasteiger partial charge in [0.15, 0.2) is 0 Å². The van der Waals surface area contributed by atoms with Crippen LogP contribution in [0.25, 0.3) is 0 Å². The molecule has 0 amide bonds. The lowest BCUT2D eigenvalue weighted by atomic mass is 10.1. The SMILES string of the molecule is CN(Cc1ccc(OCc2ccccn2)cc1)Cc1cc(Br)ccc1F. The number of rotatable bonds is 7. The predicted octanol–water partition coefficient (Wildman–Crippen LogP) is 5.19. The van der Waals surface area contributed by atoms with E-state index in [1.54, 1.807) is 12.3 Å². The van der Waals surface area contributed by atoms with E-state index >= 15 is 0 Å². The topological polar surface area (TPSA) is 25.4 Å². The van der Waals surface area contributed by atoms with Crippen molar-refractivity contribution in [2.24, 2.45) is 0 Å².